The van der Waals surface area contributed by atoms with Crippen LogP contribution in [0.2, 0.25) is 0 Å². The number of hydrogen-bond acceptors (Lipinski definition) is 9. The van der Waals surface area contributed by atoms with E-state index in [2.05, 4.69) is 15.2 Å². The van der Waals surface area contributed by atoms with E-state index in [1.165, 1.54) is 0 Å². The Labute approximate surface area is 181 Å². The van der Waals surface area contributed by atoms with Gasteiger partial charge in [0.1, 0.15) is 28.7 Å². The van der Waals surface area contributed by atoms with Crippen molar-refractivity contribution in [1.82, 2.24) is 25.4 Å². The summed E-state index contributed by atoms with van der Waals surface area (Å²) in [5.74, 6) is -4.70. The summed E-state index contributed by atoms with van der Waals surface area (Å²) in [4.78, 5) is 40.9. The Hall–Kier alpha value is -2.27. The van der Waals surface area contributed by atoms with Gasteiger partial charge in [-0.15, -0.1) is 16.9 Å². The van der Waals surface area contributed by atoms with E-state index in [1.54, 1.807) is 6.92 Å². The maximum Gasteiger partial charge on any atom is 0.497 e. The molecule has 0 aromatic carbocycles. The van der Waals surface area contributed by atoms with Gasteiger partial charge >= 0.3 is 11.5 Å². The van der Waals surface area contributed by atoms with Crippen molar-refractivity contribution in [1.29, 1.82) is 0 Å². The highest BCUT2D eigenvalue weighted by atomic mass is 32.2. The van der Waals surface area contributed by atoms with Crippen molar-refractivity contribution in [2.45, 2.75) is 29.0 Å². The Balaban J connectivity index is 1.70. The zero-order valence-electron chi connectivity index (χ0n) is 15.5. The van der Waals surface area contributed by atoms with Crippen LogP contribution in [0.1, 0.15) is 5.82 Å². The second-order valence-electron chi connectivity index (χ2n) is 6.41. The smallest absolute Gasteiger partial charge is 0.477 e. The number of carboxylic acid groups (broad SMARTS) is 1. The highest BCUT2D eigenvalue weighted by molar-refractivity contribution is 8.01. The second kappa shape index (κ2) is 8.34. The molecule has 3 N–H and O–H groups in total. The molecule has 170 valence electrons. The zero-order valence-corrected chi connectivity index (χ0v) is 17.9. The fourth-order valence-electron chi connectivity index (χ4n) is 2.80. The van der Waals surface area contributed by atoms with E-state index in [0.29, 0.717) is 16.6 Å². The number of nitrogens with zero attached hydrogens (tertiary/aromatic N) is 3. The molecule has 31 heavy (non-hydrogen) atoms. The lowest BCUT2D eigenvalue weighted by Crippen LogP contribution is -2.71. The maximum atomic E-state index is 12.4. The number of aromatic nitrogens is 3. The van der Waals surface area contributed by atoms with Crippen LogP contribution in [0.15, 0.2) is 16.4 Å². The SMILES string of the molecule is Cc1nc(SCC2=C(C(=O)O)N3C(=O)C(NC(=O)CS(=O)(=O)C(F)(F)F)[C@@H]3SC2)n[nH]1. The van der Waals surface area contributed by atoms with Crippen LogP contribution in [0.25, 0.3) is 0 Å². The van der Waals surface area contributed by atoms with Gasteiger partial charge in [-0.1, -0.05) is 11.8 Å². The highest BCUT2D eigenvalue weighted by Crippen LogP contribution is 2.41. The number of carbonyl (C=O) groups is 3. The molecule has 3 rings (SSSR count). The molecule has 2 aliphatic heterocycles. The lowest BCUT2D eigenvalue weighted by Gasteiger charge is -2.49. The predicted molar refractivity (Wildman–Crippen MR) is 101 cm³/mol. The van der Waals surface area contributed by atoms with Crippen molar-refractivity contribution in [3.63, 3.8) is 0 Å². The van der Waals surface area contributed by atoms with Crippen LogP contribution in [0.4, 0.5) is 13.2 Å². The number of nitrogens with one attached hydrogen (secondary N) is 2. The number of H-pyrrole nitrogens is 1. The van der Waals surface area contributed by atoms with E-state index >= 15 is 0 Å². The number of β-lactam (4-membered cyclic amide) rings is 1. The van der Waals surface area contributed by atoms with Gasteiger partial charge in [0, 0.05) is 11.5 Å². The minimum atomic E-state index is -5.70. The third-order valence-corrected chi connectivity index (χ3v) is 7.81. The molecule has 2 amide bonds. The first-order chi connectivity index (χ1) is 14.3. The average molecular weight is 501 g/mol. The summed E-state index contributed by atoms with van der Waals surface area (Å²) in [6, 6.07) is -1.33. The Morgan fingerprint density at radius 2 is 2.10 bits per heavy atom. The number of thioether (sulfide) groups is 2. The van der Waals surface area contributed by atoms with E-state index in [4.69, 9.17) is 0 Å². The summed E-state index contributed by atoms with van der Waals surface area (Å²) in [5, 5.41) is 17.6. The van der Waals surface area contributed by atoms with Gasteiger partial charge in [-0.25, -0.2) is 18.2 Å². The summed E-state index contributed by atoms with van der Waals surface area (Å²) in [6.07, 6.45) is 0. The minimum absolute atomic E-state index is 0.166. The molecule has 0 spiro atoms. The molecule has 0 bridgehead atoms. The number of carbonyl (C=O) groups excluding carboxylic acids is 2. The first kappa shape index (κ1) is 23.4. The third kappa shape index (κ3) is 4.67. The molecule has 1 fully saturated rings. The zero-order chi connectivity index (χ0) is 23.1. The van der Waals surface area contributed by atoms with Crippen molar-refractivity contribution in [3.8, 4) is 0 Å². The van der Waals surface area contributed by atoms with Crippen molar-refractivity contribution in [3.05, 3.63) is 17.1 Å². The predicted octanol–water partition coefficient (Wildman–Crippen LogP) is -0.122. The molecule has 3 heterocycles. The fraction of sp³-hybridized carbons (Fsp3) is 0.500. The monoisotopic (exact) mass is 501 g/mol. The van der Waals surface area contributed by atoms with Gasteiger partial charge in [0.15, 0.2) is 0 Å². The van der Waals surface area contributed by atoms with Crippen molar-refractivity contribution in [2.75, 3.05) is 17.3 Å². The number of fused-ring (bicyclic) bond motifs is 1. The van der Waals surface area contributed by atoms with Crippen molar-refractivity contribution in [2.24, 2.45) is 0 Å². The Kier molecular flexibility index (Phi) is 6.30. The molecule has 11 nitrogen and oxygen atoms in total. The second-order valence-corrected chi connectivity index (χ2v) is 10.4. The molecule has 1 aromatic heterocycles. The summed E-state index contributed by atoms with van der Waals surface area (Å²) in [6.45, 7) is 1.69. The summed E-state index contributed by atoms with van der Waals surface area (Å²) in [5.41, 5.74) is -5.49. The molecule has 2 aliphatic rings. The number of aryl methyl sites for hydroxylation is 1. The molecule has 0 saturated carbocycles. The normalized spacial score (nSPS) is 21.5. The average Bonchev–Trinajstić information content (AvgIpc) is 3.07. The fourth-order valence-corrected chi connectivity index (χ4v) is 5.72. The van der Waals surface area contributed by atoms with E-state index in [9.17, 15) is 41.1 Å². The standard InChI is InChI=1S/C14H14F3N5O6S3/c1-5-18-13(21-20-5)30-3-6-2-29-11-8(10(24)22(11)9(6)12(25)26)19-7(23)4-31(27,28)14(15,16)17/h8,11H,2-4H2,1H3,(H,19,23)(H,25,26)(H,18,20,21)/t8?,11-/m0/s1. The van der Waals surface area contributed by atoms with Crippen LogP contribution in [-0.4, -0.2) is 85.6 Å². The minimum Gasteiger partial charge on any atom is -0.477 e. The number of halogens is 3. The Bertz CT molecular complexity index is 1070. The number of aromatic amines is 1. The van der Waals surface area contributed by atoms with Gasteiger partial charge < -0.3 is 10.4 Å². The van der Waals surface area contributed by atoms with Gasteiger partial charge in [-0.05, 0) is 12.5 Å². The van der Waals surface area contributed by atoms with Crippen LogP contribution in [0.3, 0.4) is 0 Å². The van der Waals surface area contributed by atoms with Gasteiger partial charge in [0.2, 0.25) is 11.1 Å². The number of amides is 2. The molecule has 1 unspecified atom stereocenters. The molecule has 1 aromatic rings. The number of alkyl halides is 3. The topological polar surface area (TPSA) is 162 Å². The quantitative estimate of drug-likeness (QED) is 0.339. The van der Waals surface area contributed by atoms with Crippen LogP contribution in [0.5, 0.6) is 0 Å². The molecule has 1 saturated heterocycles. The van der Waals surface area contributed by atoms with Crippen molar-refractivity contribution < 1.29 is 41.1 Å². The number of hydrogen-bond donors (Lipinski definition) is 3. The largest absolute Gasteiger partial charge is 0.497 e. The summed E-state index contributed by atoms with van der Waals surface area (Å²) in [7, 11) is -5.70. The van der Waals surface area contributed by atoms with Gasteiger partial charge in [-0.2, -0.15) is 13.2 Å². The van der Waals surface area contributed by atoms with Crippen LogP contribution >= 0.6 is 23.5 Å². The summed E-state index contributed by atoms with van der Waals surface area (Å²) >= 11 is 2.24. The maximum absolute atomic E-state index is 12.4. The van der Waals surface area contributed by atoms with Crippen molar-refractivity contribution >= 4 is 51.1 Å². The Morgan fingerprint density at radius 3 is 2.65 bits per heavy atom. The van der Waals surface area contributed by atoms with E-state index in [0.717, 1.165) is 28.4 Å². The van der Waals surface area contributed by atoms with Gasteiger partial charge in [0.25, 0.3) is 15.7 Å². The third-order valence-electron chi connectivity index (χ3n) is 4.19. The van der Waals surface area contributed by atoms with Crippen LogP contribution < -0.4 is 5.32 Å². The molecular formula is C14H14F3N5O6S3. The van der Waals surface area contributed by atoms with Gasteiger partial charge in [-0.3, -0.25) is 19.6 Å². The number of rotatable bonds is 7. The Morgan fingerprint density at radius 1 is 1.42 bits per heavy atom. The first-order valence-corrected chi connectivity index (χ1v) is 12.0. The number of aliphatic carboxylic acids is 1. The molecule has 0 radical (unpaired) electrons. The molecule has 2 atom stereocenters. The lowest BCUT2D eigenvalue weighted by atomic mass is 10.0. The van der Waals surface area contributed by atoms with E-state index in [1.807, 2.05) is 5.32 Å². The number of sulfone groups is 1. The lowest BCUT2D eigenvalue weighted by molar-refractivity contribution is -0.150. The van der Waals surface area contributed by atoms with Gasteiger partial charge in [0.05, 0.1) is 0 Å². The van der Waals surface area contributed by atoms with Crippen LogP contribution in [0, 0.1) is 6.92 Å². The van der Waals surface area contributed by atoms with E-state index < -0.39 is 50.3 Å². The number of carboxylic acids is 1. The molecule has 17 heteroatoms. The highest BCUT2D eigenvalue weighted by Gasteiger charge is 2.55. The van der Waals surface area contributed by atoms with Crippen LogP contribution in [-0.2, 0) is 24.2 Å². The molecular weight excluding hydrogens is 487 g/mol. The van der Waals surface area contributed by atoms with E-state index in [-0.39, 0.29) is 17.2 Å². The summed E-state index contributed by atoms with van der Waals surface area (Å²) < 4.78 is 59.5. The molecule has 0 aliphatic carbocycles. The first-order valence-electron chi connectivity index (χ1n) is 8.32.